The van der Waals surface area contributed by atoms with Crippen LogP contribution >= 0.6 is 0 Å². The number of nitrogens with zero attached hydrogens (tertiary/aromatic N) is 4. The number of halogens is 3. The van der Waals surface area contributed by atoms with E-state index in [2.05, 4.69) is 20.4 Å². The van der Waals surface area contributed by atoms with Gasteiger partial charge in [-0.25, -0.2) is 9.97 Å². The summed E-state index contributed by atoms with van der Waals surface area (Å²) in [6, 6.07) is 5.42. The number of aromatic nitrogens is 4. The number of hydrogen-bond acceptors (Lipinski definition) is 6. The van der Waals surface area contributed by atoms with E-state index in [-0.39, 0.29) is 5.95 Å². The van der Waals surface area contributed by atoms with Gasteiger partial charge in [-0.05, 0) is 43.2 Å². The molecule has 0 aliphatic heterocycles. The van der Waals surface area contributed by atoms with Crippen molar-refractivity contribution in [3.8, 4) is 11.1 Å². The number of alkyl halides is 3. The lowest BCUT2D eigenvalue weighted by Gasteiger charge is -2.16. The minimum absolute atomic E-state index is 0.185. The Morgan fingerprint density at radius 1 is 1.27 bits per heavy atom. The largest absolute Gasteiger partial charge is 0.433 e. The summed E-state index contributed by atoms with van der Waals surface area (Å²) in [6.07, 6.45) is -1.76. The SMILES string of the molecule is Cc1cc(Nc2nccc(C(F)(F)F)n2)cc(-c2cnn(C(C)C(O)C(N)=O)c2)c1. The van der Waals surface area contributed by atoms with Crippen molar-refractivity contribution < 1.29 is 23.1 Å². The molecule has 1 amide bonds. The summed E-state index contributed by atoms with van der Waals surface area (Å²) < 4.78 is 40.0. The molecule has 0 fully saturated rings. The van der Waals surface area contributed by atoms with Crippen LogP contribution in [0.1, 0.15) is 24.2 Å². The van der Waals surface area contributed by atoms with Gasteiger partial charge in [0.2, 0.25) is 11.9 Å². The van der Waals surface area contributed by atoms with Crippen molar-refractivity contribution in [2.75, 3.05) is 5.32 Å². The molecule has 2 aromatic heterocycles. The second kappa shape index (κ2) is 8.11. The number of primary amides is 1. The molecule has 11 heteroatoms. The summed E-state index contributed by atoms with van der Waals surface area (Å²) in [5.74, 6) is -1.04. The van der Waals surface area contributed by atoms with E-state index in [0.29, 0.717) is 11.3 Å². The maximum atomic E-state index is 12.9. The smallest absolute Gasteiger partial charge is 0.381 e. The molecule has 0 saturated carbocycles. The lowest BCUT2D eigenvalue weighted by molar-refractivity contribution is -0.141. The van der Waals surface area contributed by atoms with Gasteiger partial charge in [-0.3, -0.25) is 9.48 Å². The predicted molar refractivity (Wildman–Crippen MR) is 103 cm³/mol. The first-order valence-corrected chi connectivity index (χ1v) is 8.85. The minimum atomic E-state index is -4.57. The molecule has 0 saturated heterocycles. The quantitative estimate of drug-likeness (QED) is 0.564. The van der Waals surface area contributed by atoms with E-state index < -0.39 is 29.9 Å². The van der Waals surface area contributed by atoms with Gasteiger partial charge in [-0.2, -0.15) is 18.3 Å². The van der Waals surface area contributed by atoms with Crippen molar-refractivity contribution in [3.05, 3.63) is 54.1 Å². The number of aliphatic hydroxyl groups is 1. The number of aliphatic hydroxyl groups excluding tert-OH is 1. The highest BCUT2D eigenvalue weighted by atomic mass is 19.4. The first-order valence-electron chi connectivity index (χ1n) is 8.85. The molecule has 0 aliphatic rings. The first kappa shape index (κ1) is 21.2. The zero-order chi connectivity index (χ0) is 22.1. The van der Waals surface area contributed by atoms with E-state index >= 15 is 0 Å². The average Bonchev–Trinajstić information content (AvgIpc) is 3.16. The summed E-state index contributed by atoms with van der Waals surface area (Å²) in [6.45, 7) is 3.42. The van der Waals surface area contributed by atoms with Crippen molar-refractivity contribution in [1.82, 2.24) is 19.7 Å². The summed E-state index contributed by atoms with van der Waals surface area (Å²) in [7, 11) is 0. The zero-order valence-corrected chi connectivity index (χ0v) is 16.1. The van der Waals surface area contributed by atoms with E-state index in [1.807, 2.05) is 13.0 Å². The standard InChI is InChI=1S/C19H19F3N6O2/c1-10-5-12(13-8-25-28(9-13)11(2)16(29)17(23)30)7-14(6-10)26-18-24-4-3-15(27-18)19(20,21)22/h3-9,11,16,29H,1-2H3,(H2,23,30)(H,24,26,27). The van der Waals surface area contributed by atoms with E-state index in [1.54, 1.807) is 31.5 Å². The molecule has 0 spiro atoms. The van der Waals surface area contributed by atoms with Crippen LogP contribution in [0.15, 0.2) is 42.9 Å². The molecule has 4 N–H and O–H groups in total. The normalized spacial score (nSPS) is 13.7. The molecule has 158 valence electrons. The molecule has 30 heavy (non-hydrogen) atoms. The van der Waals surface area contributed by atoms with Crippen molar-refractivity contribution in [3.63, 3.8) is 0 Å². The van der Waals surface area contributed by atoms with Gasteiger partial charge in [0.1, 0.15) is 5.69 Å². The molecule has 2 unspecified atom stereocenters. The second-order valence-corrected chi connectivity index (χ2v) is 6.77. The van der Waals surface area contributed by atoms with Gasteiger partial charge < -0.3 is 16.2 Å². The molecule has 0 radical (unpaired) electrons. The van der Waals surface area contributed by atoms with Gasteiger partial charge in [0.05, 0.1) is 12.2 Å². The van der Waals surface area contributed by atoms with Gasteiger partial charge >= 0.3 is 6.18 Å². The lowest BCUT2D eigenvalue weighted by atomic mass is 10.1. The predicted octanol–water partition coefficient (Wildman–Crippen LogP) is 2.82. The fraction of sp³-hybridized carbons (Fsp3) is 0.263. The molecule has 0 bridgehead atoms. The first-order chi connectivity index (χ1) is 14.0. The van der Waals surface area contributed by atoms with Crippen molar-refractivity contribution >= 4 is 17.5 Å². The number of benzene rings is 1. The van der Waals surface area contributed by atoms with Crippen LogP contribution in [0.3, 0.4) is 0 Å². The summed E-state index contributed by atoms with van der Waals surface area (Å²) in [5.41, 5.74) is 6.79. The number of aryl methyl sites for hydroxylation is 1. The van der Waals surface area contributed by atoms with Gasteiger partial charge in [0, 0.05) is 23.6 Å². The average molecular weight is 420 g/mol. The van der Waals surface area contributed by atoms with Crippen LogP contribution in [-0.2, 0) is 11.0 Å². The molecular weight excluding hydrogens is 401 g/mol. The maximum Gasteiger partial charge on any atom is 0.433 e. The third kappa shape index (κ3) is 4.74. The number of amides is 1. The van der Waals surface area contributed by atoms with E-state index in [9.17, 15) is 23.1 Å². The summed E-state index contributed by atoms with van der Waals surface area (Å²) in [5, 5.41) is 16.8. The number of carbonyl (C=O) groups is 1. The summed E-state index contributed by atoms with van der Waals surface area (Å²) >= 11 is 0. The van der Waals surface area contributed by atoms with E-state index in [4.69, 9.17) is 5.73 Å². The van der Waals surface area contributed by atoms with Crippen molar-refractivity contribution in [2.24, 2.45) is 5.73 Å². The van der Waals surface area contributed by atoms with E-state index in [1.165, 1.54) is 4.68 Å². The highest BCUT2D eigenvalue weighted by Gasteiger charge is 2.32. The molecule has 0 aliphatic carbocycles. The van der Waals surface area contributed by atoms with Crippen LogP contribution in [0.2, 0.25) is 0 Å². The number of hydrogen-bond donors (Lipinski definition) is 3. The molecule has 3 aromatic rings. The Labute approximate surface area is 169 Å². The summed E-state index contributed by atoms with van der Waals surface area (Å²) in [4.78, 5) is 18.5. The number of rotatable bonds is 6. The van der Waals surface area contributed by atoms with Crippen LogP contribution in [0.4, 0.5) is 24.8 Å². The van der Waals surface area contributed by atoms with Crippen molar-refractivity contribution in [2.45, 2.75) is 32.2 Å². The highest BCUT2D eigenvalue weighted by Crippen LogP contribution is 2.29. The van der Waals surface area contributed by atoms with Gasteiger partial charge in [0.15, 0.2) is 6.10 Å². The lowest BCUT2D eigenvalue weighted by Crippen LogP contribution is -2.35. The topological polar surface area (TPSA) is 119 Å². The molecular formula is C19H19F3N6O2. The van der Waals surface area contributed by atoms with Crippen LogP contribution in [0.25, 0.3) is 11.1 Å². The Kier molecular flexibility index (Phi) is 5.74. The third-order valence-corrected chi connectivity index (χ3v) is 4.38. The molecule has 8 nitrogen and oxygen atoms in total. The van der Waals surface area contributed by atoms with Crippen molar-refractivity contribution in [1.29, 1.82) is 0 Å². The second-order valence-electron chi connectivity index (χ2n) is 6.77. The van der Waals surface area contributed by atoms with Crippen LogP contribution in [-0.4, -0.2) is 36.9 Å². The maximum absolute atomic E-state index is 12.9. The fourth-order valence-corrected chi connectivity index (χ4v) is 2.82. The number of anilines is 2. The Hall–Kier alpha value is -3.47. The van der Waals surface area contributed by atoms with Gasteiger partial charge in [-0.1, -0.05) is 6.07 Å². The van der Waals surface area contributed by atoms with E-state index in [0.717, 1.165) is 23.4 Å². The molecule has 2 heterocycles. The Morgan fingerprint density at radius 3 is 2.67 bits per heavy atom. The monoisotopic (exact) mass is 420 g/mol. The number of carbonyl (C=O) groups excluding carboxylic acids is 1. The third-order valence-electron chi connectivity index (χ3n) is 4.38. The molecule has 2 atom stereocenters. The Balaban J connectivity index is 1.87. The highest BCUT2D eigenvalue weighted by molar-refractivity contribution is 5.79. The van der Waals surface area contributed by atoms with Gasteiger partial charge in [0.25, 0.3) is 0 Å². The van der Waals surface area contributed by atoms with Crippen LogP contribution in [0.5, 0.6) is 0 Å². The number of nitrogens with two attached hydrogens (primary N) is 1. The molecule has 3 rings (SSSR count). The molecule has 1 aromatic carbocycles. The fourth-order valence-electron chi connectivity index (χ4n) is 2.82. The van der Waals surface area contributed by atoms with Crippen LogP contribution < -0.4 is 11.1 Å². The zero-order valence-electron chi connectivity index (χ0n) is 16.1. The number of nitrogens with one attached hydrogen (secondary N) is 1. The minimum Gasteiger partial charge on any atom is -0.381 e. The van der Waals surface area contributed by atoms with Gasteiger partial charge in [-0.15, -0.1) is 0 Å². The Morgan fingerprint density at radius 2 is 2.00 bits per heavy atom. The Bertz CT molecular complexity index is 1070. The van der Waals surface area contributed by atoms with Crippen LogP contribution in [0, 0.1) is 6.92 Å².